The second kappa shape index (κ2) is 3.91. The fourth-order valence-corrected chi connectivity index (χ4v) is 1.99. The SMILES string of the molecule is CCN1CCCNc2ccc(C)cc21. The number of hydrogen-bond acceptors (Lipinski definition) is 2. The zero-order valence-corrected chi connectivity index (χ0v) is 9.01. The van der Waals surface area contributed by atoms with Gasteiger partial charge in [-0.2, -0.15) is 0 Å². The van der Waals surface area contributed by atoms with E-state index in [-0.39, 0.29) is 0 Å². The molecule has 76 valence electrons. The van der Waals surface area contributed by atoms with Crippen molar-refractivity contribution < 1.29 is 0 Å². The molecule has 14 heavy (non-hydrogen) atoms. The van der Waals surface area contributed by atoms with Crippen molar-refractivity contribution in [3.63, 3.8) is 0 Å². The van der Waals surface area contributed by atoms with Crippen molar-refractivity contribution in [3.8, 4) is 0 Å². The lowest BCUT2D eigenvalue weighted by Gasteiger charge is -2.22. The highest BCUT2D eigenvalue weighted by molar-refractivity contribution is 5.71. The van der Waals surface area contributed by atoms with Gasteiger partial charge in [0.1, 0.15) is 0 Å². The summed E-state index contributed by atoms with van der Waals surface area (Å²) in [4.78, 5) is 2.45. The summed E-state index contributed by atoms with van der Waals surface area (Å²) in [6.45, 7) is 7.72. The first-order valence-electron chi connectivity index (χ1n) is 5.40. The Morgan fingerprint density at radius 1 is 1.43 bits per heavy atom. The molecule has 2 nitrogen and oxygen atoms in total. The van der Waals surface area contributed by atoms with Gasteiger partial charge in [-0.3, -0.25) is 0 Å². The van der Waals surface area contributed by atoms with Gasteiger partial charge in [0.25, 0.3) is 0 Å². The maximum atomic E-state index is 3.47. The van der Waals surface area contributed by atoms with Gasteiger partial charge >= 0.3 is 0 Å². The molecular weight excluding hydrogens is 172 g/mol. The largest absolute Gasteiger partial charge is 0.383 e. The first-order chi connectivity index (χ1) is 6.81. The second-order valence-electron chi connectivity index (χ2n) is 3.88. The van der Waals surface area contributed by atoms with Crippen LogP contribution in [0, 0.1) is 6.92 Å². The minimum Gasteiger partial charge on any atom is -0.383 e. The number of nitrogens with one attached hydrogen (secondary N) is 1. The highest BCUT2D eigenvalue weighted by Gasteiger charge is 2.12. The van der Waals surface area contributed by atoms with E-state index < -0.39 is 0 Å². The zero-order chi connectivity index (χ0) is 9.97. The van der Waals surface area contributed by atoms with Crippen LogP contribution in [0.15, 0.2) is 18.2 Å². The standard InChI is InChI=1S/C12H18N2/c1-3-14-8-4-7-13-11-6-5-10(2)9-12(11)14/h5-6,9,13H,3-4,7-8H2,1-2H3. The molecule has 1 aliphatic heterocycles. The minimum absolute atomic E-state index is 1.09. The Morgan fingerprint density at radius 2 is 2.29 bits per heavy atom. The summed E-state index contributed by atoms with van der Waals surface area (Å²) in [5, 5.41) is 3.47. The Bertz CT molecular complexity index is 320. The molecule has 0 bridgehead atoms. The smallest absolute Gasteiger partial charge is 0.0604 e. The lowest BCUT2D eigenvalue weighted by molar-refractivity contribution is 0.786. The quantitative estimate of drug-likeness (QED) is 0.732. The molecule has 1 aromatic rings. The van der Waals surface area contributed by atoms with Crippen molar-refractivity contribution in [2.75, 3.05) is 29.9 Å². The zero-order valence-electron chi connectivity index (χ0n) is 9.01. The summed E-state index contributed by atoms with van der Waals surface area (Å²) >= 11 is 0. The first-order valence-corrected chi connectivity index (χ1v) is 5.40. The van der Waals surface area contributed by atoms with Gasteiger partial charge in [0, 0.05) is 19.6 Å². The highest BCUT2D eigenvalue weighted by atomic mass is 15.2. The average molecular weight is 190 g/mol. The van der Waals surface area contributed by atoms with Crippen molar-refractivity contribution in [1.29, 1.82) is 0 Å². The van der Waals surface area contributed by atoms with Crippen LogP contribution in [0.2, 0.25) is 0 Å². The molecule has 2 rings (SSSR count). The van der Waals surface area contributed by atoms with E-state index in [1.54, 1.807) is 0 Å². The maximum Gasteiger partial charge on any atom is 0.0604 e. The minimum atomic E-state index is 1.09. The molecule has 0 unspecified atom stereocenters. The second-order valence-corrected chi connectivity index (χ2v) is 3.88. The molecular formula is C12H18N2. The monoisotopic (exact) mass is 190 g/mol. The van der Waals surface area contributed by atoms with Crippen LogP contribution in [0.25, 0.3) is 0 Å². The molecule has 0 radical (unpaired) electrons. The summed E-state index contributed by atoms with van der Waals surface area (Å²) in [7, 11) is 0. The van der Waals surface area contributed by atoms with Crippen molar-refractivity contribution in [2.45, 2.75) is 20.3 Å². The Hall–Kier alpha value is -1.18. The normalized spacial score (nSPS) is 15.7. The molecule has 0 aromatic heterocycles. The predicted molar refractivity (Wildman–Crippen MR) is 62.2 cm³/mol. The number of rotatable bonds is 1. The summed E-state index contributed by atoms with van der Waals surface area (Å²) in [6, 6.07) is 6.64. The molecule has 1 N–H and O–H groups in total. The lowest BCUT2D eigenvalue weighted by atomic mass is 10.2. The van der Waals surface area contributed by atoms with Gasteiger partial charge in [-0.1, -0.05) is 6.07 Å². The number of aryl methyl sites for hydroxylation is 1. The Kier molecular flexibility index (Phi) is 2.62. The van der Waals surface area contributed by atoms with Gasteiger partial charge in [0.15, 0.2) is 0 Å². The van der Waals surface area contributed by atoms with Gasteiger partial charge in [-0.25, -0.2) is 0 Å². The van der Waals surface area contributed by atoms with Crippen molar-refractivity contribution in [3.05, 3.63) is 23.8 Å². The first kappa shape index (κ1) is 9.38. The Balaban J connectivity index is 2.40. The average Bonchev–Trinajstić information content (AvgIpc) is 2.39. The van der Waals surface area contributed by atoms with Crippen LogP contribution < -0.4 is 10.2 Å². The predicted octanol–water partition coefficient (Wildman–Crippen LogP) is 2.64. The van der Waals surface area contributed by atoms with E-state index in [0.29, 0.717) is 0 Å². The molecule has 1 heterocycles. The van der Waals surface area contributed by atoms with Gasteiger partial charge in [-0.05, 0) is 38.0 Å². The van der Waals surface area contributed by atoms with E-state index in [1.807, 2.05) is 0 Å². The molecule has 0 amide bonds. The van der Waals surface area contributed by atoms with Crippen LogP contribution in [0.3, 0.4) is 0 Å². The van der Waals surface area contributed by atoms with E-state index >= 15 is 0 Å². The Morgan fingerprint density at radius 3 is 3.07 bits per heavy atom. The summed E-state index contributed by atoms with van der Waals surface area (Å²) in [6.07, 6.45) is 1.22. The van der Waals surface area contributed by atoms with Gasteiger partial charge in [-0.15, -0.1) is 0 Å². The van der Waals surface area contributed by atoms with Crippen LogP contribution in [0.5, 0.6) is 0 Å². The van der Waals surface area contributed by atoms with E-state index in [2.05, 4.69) is 42.3 Å². The molecule has 0 spiro atoms. The van der Waals surface area contributed by atoms with Crippen LogP contribution in [0.1, 0.15) is 18.9 Å². The van der Waals surface area contributed by atoms with Crippen LogP contribution in [-0.2, 0) is 0 Å². The number of anilines is 2. The topological polar surface area (TPSA) is 15.3 Å². The van der Waals surface area contributed by atoms with Gasteiger partial charge in [0.2, 0.25) is 0 Å². The van der Waals surface area contributed by atoms with E-state index in [4.69, 9.17) is 0 Å². The van der Waals surface area contributed by atoms with Crippen LogP contribution >= 0.6 is 0 Å². The van der Waals surface area contributed by atoms with Crippen molar-refractivity contribution in [1.82, 2.24) is 0 Å². The number of nitrogens with zero attached hydrogens (tertiary/aromatic N) is 1. The van der Waals surface area contributed by atoms with Crippen molar-refractivity contribution >= 4 is 11.4 Å². The van der Waals surface area contributed by atoms with E-state index in [0.717, 1.165) is 13.1 Å². The molecule has 0 fully saturated rings. The number of hydrogen-bond donors (Lipinski definition) is 1. The third-order valence-corrected chi connectivity index (χ3v) is 2.80. The number of fused-ring (bicyclic) bond motifs is 1. The summed E-state index contributed by atoms with van der Waals surface area (Å²) < 4.78 is 0. The third kappa shape index (κ3) is 1.69. The summed E-state index contributed by atoms with van der Waals surface area (Å²) in [5.74, 6) is 0. The Labute approximate surface area is 85.9 Å². The maximum absolute atomic E-state index is 3.47. The van der Waals surface area contributed by atoms with Crippen molar-refractivity contribution in [2.24, 2.45) is 0 Å². The summed E-state index contributed by atoms with van der Waals surface area (Å²) in [5.41, 5.74) is 3.99. The molecule has 0 atom stereocenters. The van der Waals surface area contributed by atoms with Crippen LogP contribution in [0.4, 0.5) is 11.4 Å². The number of benzene rings is 1. The molecule has 1 aromatic carbocycles. The van der Waals surface area contributed by atoms with Crippen LogP contribution in [-0.4, -0.2) is 19.6 Å². The van der Waals surface area contributed by atoms with Gasteiger partial charge in [0.05, 0.1) is 11.4 Å². The molecule has 1 aliphatic rings. The fourth-order valence-electron chi connectivity index (χ4n) is 1.99. The third-order valence-electron chi connectivity index (χ3n) is 2.80. The fraction of sp³-hybridized carbons (Fsp3) is 0.500. The molecule has 2 heteroatoms. The molecule has 0 aliphatic carbocycles. The van der Waals surface area contributed by atoms with Gasteiger partial charge < -0.3 is 10.2 Å². The van der Waals surface area contributed by atoms with E-state index in [1.165, 1.54) is 29.9 Å². The molecule has 0 saturated heterocycles. The lowest BCUT2D eigenvalue weighted by Crippen LogP contribution is -2.23. The molecule has 0 saturated carbocycles. The highest BCUT2D eigenvalue weighted by Crippen LogP contribution is 2.28. The van der Waals surface area contributed by atoms with E-state index in [9.17, 15) is 0 Å².